The van der Waals surface area contributed by atoms with E-state index in [1.807, 2.05) is 37.3 Å². The van der Waals surface area contributed by atoms with E-state index in [0.717, 1.165) is 24.2 Å². The zero-order chi connectivity index (χ0) is 19.7. The summed E-state index contributed by atoms with van der Waals surface area (Å²) in [5, 5.41) is 6.91. The number of carbonyl (C=O) groups is 1. The second kappa shape index (κ2) is 7.87. The van der Waals surface area contributed by atoms with Crippen LogP contribution in [0.5, 0.6) is 0 Å². The lowest BCUT2D eigenvalue weighted by molar-refractivity contribution is 0.0903. The summed E-state index contributed by atoms with van der Waals surface area (Å²) < 4.78 is 28.5. The van der Waals surface area contributed by atoms with Crippen LogP contribution >= 0.6 is 10.8 Å². The Balaban J connectivity index is 0.00000240. The molecule has 1 aliphatic carbocycles. The minimum Gasteiger partial charge on any atom is -0.360 e. The number of nitrogens with one attached hydrogen (secondary N) is 1. The number of amides is 1. The Hall–Kier alpha value is -1.87. The molecule has 7 nitrogen and oxygen atoms in total. The number of carbonyl (C=O) groups excluding carboxylic acids is 1. The number of hydrogen-bond donors (Lipinski definition) is 3. The highest BCUT2D eigenvalue weighted by Crippen LogP contribution is 2.49. The van der Waals surface area contributed by atoms with Crippen molar-refractivity contribution < 1.29 is 19.8 Å². The minimum absolute atomic E-state index is 0. The van der Waals surface area contributed by atoms with Crippen LogP contribution in [0, 0.1) is 0 Å². The summed E-state index contributed by atoms with van der Waals surface area (Å²) in [6, 6.07) is 11.2. The van der Waals surface area contributed by atoms with Crippen LogP contribution in [0.3, 0.4) is 0 Å². The lowest BCUT2D eigenvalue weighted by Crippen LogP contribution is -2.49. The van der Waals surface area contributed by atoms with E-state index in [1.165, 1.54) is 0 Å². The molecule has 28 heavy (non-hydrogen) atoms. The molecule has 1 aromatic heterocycles. The molecule has 3 N–H and O–H groups in total. The quantitative estimate of drug-likeness (QED) is 0.662. The van der Waals surface area contributed by atoms with Gasteiger partial charge in [-0.25, -0.2) is 4.31 Å². The summed E-state index contributed by atoms with van der Waals surface area (Å²) in [6.45, 7) is 2.49. The third-order valence-corrected chi connectivity index (χ3v) is 7.48. The molecule has 2 atom stereocenters. The Kier molecular flexibility index (Phi) is 5.46. The standard InChI is InChI=1S/C20H27N3O4S.H2/c1-14-11-17(21-20(24)18-12-19(27-22-18)16-7-8-16)9-10-23(14)28(25,26)13-15-5-3-2-4-6-15;/h2-6,12,14,16-17,25-26H,7-11,13H2,1H3,(H,21,24);1H/t14-,17+;/m1./s1. The zero-order valence-electron chi connectivity index (χ0n) is 16.0. The molecule has 8 heteroatoms. The summed E-state index contributed by atoms with van der Waals surface area (Å²) in [5.74, 6) is 1.21. The van der Waals surface area contributed by atoms with Gasteiger partial charge in [0.1, 0.15) is 5.76 Å². The first-order valence-corrected chi connectivity index (χ1v) is 11.4. The molecule has 0 bridgehead atoms. The molecule has 2 aliphatic rings. The van der Waals surface area contributed by atoms with Gasteiger partial charge in [0, 0.05) is 32.0 Å². The van der Waals surface area contributed by atoms with E-state index in [9.17, 15) is 13.9 Å². The largest absolute Gasteiger partial charge is 0.360 e. The van der Waals surface area contributed by atoms with Crippen molar-refractivity contribution in [3.8, 4) is 0 Å². The predicted octanol–water partition coefficient (Wildman–Crippen LogP) is 4.25. The molecule has 1 saturated carbocycles. The summed E-state index contributed by atoms with van der Waals surface area (Å²) in [6.07, 6.45) is 3.51. The number of piperidine rings is 1. The Morgan fingerprint density at radius 3 is 2.75 bits per heavy atom. The van der Waals surface area contributed by atoms with Crippen LogP contribution < -0.4 is 5.32 Å². The SMILES string of the molecule is C[C@@H]1C[C@@H](NC(=O)c2cc(C3CC3)on2)CCN1S(O)(O)Cc1ccccc1.[HH]. The van der Waals surface area contributed by atoms with Crippen molar-refractivity contribution in [2.75, 3.05) is 6.54 Å². The van der Waals surface area contributed by atoms with Gasteiger partial charge >= 0.3 is 0 Å². The lowest BCUT2D eigenvalue weighted by atomic mass is 10.0. The highest BCUT2D eigenvalue weighted by Gasteiger charge is 2.35. The van der Waals surface area contributed by atoms with Gasteiger partial charge in [-0.1, -0.05) is 35.5 Å². The predicted molar refractivity (Wildman–Crippen MR) is 110 cm³/mol. The zero-order valence-corrected chi connectivity index (χ0v) is 16.8. The Bertz CT molecular complexity index is 828. The van der Waals surface area contributed by atoms with E-state index in [1.54, 1.807) is 10.4 Å². The van der Waals surface area contributed by atoms with Gasteiger partial charge in [-0.2, -0.15) is 0 Å². The minimum atomic E-state index is -2.90. The molecule has 1 aliphatic heterocycles. The van der Waals surface area contributed by atoms with E-state index in [2.05, 4.69) is 10.5 Å². The summed E-state index contributed by atoms with van der Waals surface area (Å²) in [5.41, 5.74) is 1.23. The highest BCUT2D eigenvalue weighted by molar-refractivity contribution is 8.21. The van der Waals surface area contributed by atoms with E-state index >= 15 is 0 Å². The maximum absolute atomic E-state index is 12.5. The monoisotopic (exact) mass is 407 g/mol. The first-order chi connectivity index (χ1) is 13.4. The second-order valence-corrected chi connectivity index (χ2v) is 9.86. The Labute approximate surface area is 168 Å². The molecule has 0 spiro atoms. The molecule has 2 aromatic rings. The van der Waals surface area contributed by atoms with Crippen molar-refractivity contribution in [3.63, 3.8) is 0 Å². The molecule has 1 amide bonds. The third-order valence-electron chi connectivity index (χ3n) is 5.47. The molecule has 1 aromatic carbocycles. The van der Waals surface area contributed by atoms with Crippen molar-refractivity contribution in [1.82, 2.24) is 14.8 Å². The van der Waals surface area contributed by atoms with Crippen molar-refractivity contribution in [2.45, 2.75) is 56.4 Å². The number of nitrogens with zero attached hydrogens (tertiary/aromatic N) is 2. The van der Waals surface area contributed by atoms with Gasteiger partial charge in [-0.05, 0) is 38.2 Å². The van der Waals surface area contributed by atoms with Crippen LogP contribution in [-0.4, -0.2) is 43.1 Å². The van der Waals surface area contributed by atoms with Gasteiger partial charge in [0.25, 0.3) is 5.91 Å². The smallest absolute Gasteiger partial charge is 0.273 e. The van der Waals surface area contributed by atoms with Gasteiger partial charge in [0.15, 0.2) is 5.69 Å². The van der Waals surface area contributed by atoms with Crippen molar-refractivity contribution in [1.29, 1.82) is 0 Å². The molecular formula is C20H29N3O4S. The average molecular weight is 408 g/mol. The van der Waals surface area contributed by atoms with Gasteiger partial charge < -0.3 is 9.84 Å². The van der Waals surface area contributed by atoms with Crippen molar-refractivity contribution >= 4 is 16.7 Å². The molecule has 0 radical (unpaired) electrons. The summed E-state index contributed by atoms with van der Waals surface area (Å²) in [4.78, 5) is 12.5. The molecule has 2 fully saturated rings. The van der Waals surface area contributed by atoms with Crippen molar-refractivity contribution in [3.05, 3.63) is 53.4 Å². The summed E-state index contributed by atoms with van der Waals surface area (Å²) >= 11 is 0. The maximum Gasteiger partial charge on any atom is 0.273 e. The van der Waals surface area contributed by atoms with Crippen LogP contribution in [0.25, 0.3) is 0 Å². The third kappa shape index (κ3) is 4.41. The normalized spacial score (nSPS) is 24.1. The average Bonchev–Trinajstić information content (AvgIpc) is 3.38. The van der Waals surface area contributed by atoms with Crippen LogP contribution in [0.1, 0.15) is 61.8 Å². The van der Waals surface area contributed by atoms with Crippen LogP contribution in [0.2, 0.25) is 0 Å². The van der Waals surface area contributed by atoms with E-state index in [4.69, 9.17) is 4.52 Å². The Morgan fingerprint density at radius 1 is 1.32 bits per heavy atom. The molecule has 154 valence electrons. The van der Waals surface area contributed by atoms with E-state index in [-0.39, 0.29) is 25.2 Å². The fraction of sp³-hybridized carbons (Fsp3) is 0.500. The fourth-order valence-corrected chi connectivity index (χ4v) is 5.68. The summed E-state index contributed by atoms with van der Waals surface area (Å²) in [7, 11) is -2.90. The van der Waals surface area contributed by atoms with E-state index in [0.29, 0.717) is 31.0 Å². The van der Waals surface area contributed by atoms with Crippen LogP contribution in [-0.2, 0) is 5.75 Å². The van der Waals surface area contributed by atoms with E-state index < -0.39 is 10.8 Å². The van der Waals surface area contributed by atoms with Crippen LogP contribution in [0.15, 0.2) is 40.9 Å². The molecular weight excluding hydrogens is 378 g/mol. The number of benzene rings is 1. The topological polar surface area (TPSA) is 98.8 Å². The molecule has 4 rings (SSSR count). The molecule has 2 heterocycles. The van der Waals surface area contributed by atoms with Gasteiger partial charge in [0.2, 0.25) is 0 Å². The fourth-order valence-electron chi connectivity index (χ4n) is 3.81. The first-order valence-electron chi connectivity index (χ1n) is 9.76. The lowest BCUT2D eigenvalue weighted by Gasteiger charge is -2.49. The molecule has 0 unspecified atom stereocenters. The highest BCUT2D eigenvalue weighted by atomic mass is 32.3. The van der Waals surface area contributed by atoms with Gasteiger partial charge in [-0.3, -0.25) is 13.9 Å². The van der Waals surface area contributed by atoms with Crippen molar-refractivity contribution in [2.24, 2.45) is 0 Å². The van der Waals surface area contributed by atoms with Crippen LogP contribution in [0.4, 0.5) is 0 Å². The Morgan fingerprint density at radius 2 is 2.07 bits per heavy atom. The molecule has 1 saturated heterocycles. The number of aromatic nitrogens is 1. The maximum atomic E-state index is 12.5. The van der Waals surface area contributed by atoms with Gasteiger partial charge in [-0.15, -0.1) is 10.8 Å². The second-order valence-electron chi connectivity index (χ2n) is 7.84. The number of rotatable bonds is 6. The van der Waals surface area contributed by atoms with Gasteiger partial charge in [0.05, 0.1) is 5.75 Å². The number of hydrogen-bond acceptors (Lipinski definition) is 6. The first kappa shape index (κ1) is 19.4.